The van der Waals surface area contributed by atoms with Crippen molar-refractivity contribution >= 4 is 23.4 Å². The zero-order valence-electron chi connectivity index (χ0n) is 10.6. The summed E-state index contributed by atoms with van der Waals surface area (Å²) in [5.41, 5.74) is 1.87. The van der Waals surface area contributed by atoms with Crippen molar-refractivity contribution in [2.75, 3.05) is 6.61 Å². The van der Waals surface area contributed by atoms with Crippen LogP contribution in [0.5, 0.6) is 0 Å². The van der Waals surface area contributed by atoms with E-state index in [4.69, 9.17) is 16.3 Å². The Labute approximate surface area is 125 Å². The van der Waals surface area contributed by atoms with Crippen molar-refractivity contribution in [3.63, 3.8) is 0 Å². The SMILES string of the molecule is Fc1ccc(SCc2nc(Cl)c3c(n2)CCOC3)cc1. The summed E-state index contributed by atoms with van der Waals surface area (Å²) in [4.78, 5) is 9.81. The van der Waals surface area contributed by atoms with Crippen LogP contribution in [-0.2, 0) is 23.5 Å². The minimum Gasteiger partial charge on any atom is -0.376 e. The summed E-state index contributed by atoms with van der Waals surface area (Å²) in [6.07, 6.45) is 0.770. The molecule has 3 rings (SSSR count). The second-order valence-electron chi connectivity index (χ2n) is 4.40. The first-order chi connectivity index (χ1) is 9.72. The van der Waals surface area contributed by atoms with E-state index in [1.165, 1.54) is 12.1 Å². The molecule has 104 valence electrons. The number of aromatic nitrogens is 2. The van der Waals surface area contributed by atoms with Crippen molar-refractivity contribution < 1.29 is 9.13 Å². The predicted molar refractivity (Wildman–Crippen MR) is 76.4 cm³/mol. The maximum Gasteiger partial charge on any atom is 0.140 e. The molecular formula is C14H12ClFN2OS. The third-order valence-corrected chi connectivity index (χ3v) is 4.32. The van der Waals surface area contributed by atoms with Crippen LogP contribution in [0.25, 0.3) is 0 Å². The smallest absolute Gasteiger partial charge is 0.140 e. The Hall–Kier alpha value is -1.17. The Kier molecular flexibility index (Phi) is 4.19. The fourth-order valence-electron chi connectivity index (χ4n) is 1.98. The average molecular weight is 311 g/mol. The molecule has 0 saturated heterocycles. The molecule has 0 N–H and O–H groups in total. The molecule has 0 amide bonds. The zero-order valence-corrected chi connectivity index (χ0v) is 12.2. The minimum absolute atomic E-state index is 0.234. The zero-order chi connectivity index (χ0) is 13.9. The summed E-state index contributed by atoms with van der Waals surface area (Å²) in [5.74, 6) is 1.08. The normalized spacial score (nSPS) is 14.1. The first-order valence-electron chi connectivity index (χ1n) is 6.22. The number of benzene rings is 1. The van der Waals surface area contributed by atoms with Gasteiger partial charge in [-0.25, -0.2) is 14.4 Å². The van der Waals surface area contributed by atoms with E-state index in [2.05, 4.69) is 9.97 Å². The van der Waals surface area contributed by atoms with Crippen LogP contribution in [0.1, 0.15) is 17.1 Å². The molecule has 0 fully saturated rings. The van der Waals surface area contributed by atoms with Gasteiger partial charge in [-0.15, -0.1) is 11.8 Å². The molecule has 1 aromatic heterocycles. The highest BCUT2D eigenvalue weighted by molar-refractivity contribution is 7.98. The lowest BCUT2D eigenvalue weighted by atomic mass is 10.1. The Morgan fingerprint density at radius 2 is 2.05 bits per heavy atom. The summed E-state index contributed by atoms with van der Waals surface area (Å²) >= 11 is 7.72. The number of hydrogen-bond acceptors (Lipinski definition) is 4. The Morgan fingerprint density at radius 1 is 1.25 bits per heavy atom. The molecule has 0 radical (unpaired) electrons. The van der Waals surface area contributed by atoms with Crippen molar-refractivity contribution in [1.82, 2.24) is 9.97 Å². The molecule has 0 saturated carbocycles. The van der Waals surface area contributed by atoms with Gasteiger partial charge in [0.05, 0.1) is 24.7 Å². The lowest BCUT2D eigenvalue weighted by molar-refractivity contribution is 0.109. The van der Waals surface area contributed by atoms with Gasteiger partial charge in [-0.3, -0.25) is 0 Å². The number of rotatable bonds is 3. The Morgan fingerprint density at radius 3 is 2.85 bits per heavy atom. The van der Waals surface area contributed by atoms with Crippen LogP contribution in [0.2, 0.25) is 5.15 Å². The van der Waals surface area contributed by atoms with Crippen LogP contribution >= 0.6 is 23.4 Å². The van der Waals surface area contributed by atoms with Crippen molar-refractivity contribution in [3.8, 4) is 0 Å². The number of ether oxygens (including phenoxy) is 1. The Bertz CT molecular complexity index is 621. The standard InChI is InChI=1S/C14H12ClFN2OS/c15-14-11-7-19-6-5-12(11)17-13(18-14)8-20-10-3-1-9(16)2-4-10/h1-4H,5-8H2. The molecule has 1 aliphatic rings. The van der Waals surface area contributed by atoms with Gasteiger partial charge in [-0.2, -0.15) is 0 Å². The van der Waals surface area contributed by atoms with Gasteiger partial charge in [-0.1, -0.05) is 11.6 Å². The molecule has 1 aromatic carbocycles. The highest BCUT2D eigenvalue weighted by atomic mass is 35.5. The number of halogens is 2. The third kappa shape index (κ3) is 3.11. The predicted octanol–water partition coefficient (Wildman–Crippen LogP) is 3.63. The molecule has 0 unspecified atom stereocenters. The molecule has 0 atom stereocenters. The van der Waals surface area contributed by atoms with E-state index < -0.39 is 0 Å². The molecule has 20 heavy (non-hydrogen) atoms. The maximum absolute atomic E-state index is 12.8. The van der Waals surface area contributed by atoms with Crippen molar-refractivity contribution in [3.05, 3.63) is 52.3 Å². The first kappa shape index (κ1) is 13.8. The third-order valence-electron chi connectivity index (χ3n) is 3.00. The van der Waals surface area contributed by atoms with Gasteiger partial charge < -0.3 is 4.74 Å². The van der Waals surface area contributed by atoms with Gasteiger partial charge in [0.25, 0.3) is 0 Å². The van der Waals surface area contributed by atoms with Crippen molar-refractivity contribution in [1.29, 1.82) is 0 Å². The fraction of sp³-hybridized carbons (Fsp3) is 0.286. The Balaban J connectivity index is 1.74. The summed E-state index contributed by atoms with van der Waals surface area (Å²) in [5, 5.41) is 0.476. The van der Waals surface area contributed by atoms with Crippen molar-refractivity contribution in [2.45, 2.75) is 23.7 Å². The highest BCUT2D eigenvalue weighted by Gasteiger charge is 2.17. The number of nitrogens with zero attached hydrogens (tertiary/aromatic N) is 2. The second-order valence-corrected chi connectivity index (χ2v) is 5.81. The summed E-state index contributed by atoms with van der Waals surface area (Å²) in [6.45, 7) is 1.16. The quantitative estimate of drug-likeness (QED) is 0.640. The van der Waals surface area contributed by atoms with Crippen LogP contribution in [0.3, 0.4) is 0 Å². The molecule has 1 aliphatic heterocycles. The lowest BCUT2D eigenvalue weighted by Crippen LogP contribution is -2.14. The molecule has 6 heteroatoms. The number of hydrogen-bond donors (Lipinski definition) is 0. The van der Waals surface area contributed by atoms with Crippen LogP contribution in [0.4, 0.5) is 4.39 Å². The van der Waals surface area contributed by atoms with Crippen molar-refractivity contribution in [2.24, 2.45) is 0 Å². The summed E-state index contributed by atoms with van der Waals surface area (Å²) in [6, 6.07) is 6.38. The molecular weight excluding hydrogens is 299 g/mol. The molecule has 3 nitrogen and oxygen atoms in total. The van der Waals surface area contributed by atoms with Crippen LogP contribution < -0.4 is 0 Å². The van der Waals surface area contributed by atoms with Gasteiger partial charge in [0, 0.05) is 16.9 Å². The number of thioether (sulfide) groups is 1. The van der Waals surface area contributed by atoms with E-state index >= 15 is 0 Å². The van der Waals surface area contributed by atoms with E-state index in [-0.39, 0.29) is 5.82 Å². The van der Waals surface area contributed by atoms with E-state index in [1.54, 1.807) is 23.9 Å². The molecule has 2 heterocycles. The monoisotopic (exact) mass is 310 g/mol. The van der Waals surface area contributed by atoms with Crippen LogP contribution in [-0.4, -0.2) is 16.6 Å². The van der Waals surface area contributed by atoms with Gasteiger partial charge in [-0.05, 0) is 24.3 Å². The molecule has 2 aromatic rings. The molecule has 0 aliphatic carbocycles. The van der Waals surface area contributed by atoms with E-state index in [9.17, 15) is 4.39 Å². The first-order valence-corrected chi connectivity index (χ1v) is 7.59. The second kappa shape index (κ2) is 6.08. The summed E-state index contributed by atoms with van der Waals surface area (Å²) < 4.78 is 18.2. The topological polar surface area (TPSA) is 35.0 Å². The van der Waals surface area contributed by atoms with Crippen LogP contribution in [0, 0.1) is 5.82 Å². The van der Waals surface area contributed by atoms with E-state index in [0.717, 1.165) is 22.6 Å². The molecule has 0 spiro atoms. The summed E-state index contributed by atoms with van der Waals surface area (Å²) in [7, 11) is 0. The van der Waals surface area contributed by atoms with Gasteiger partial charge in [0.1, 0.15) is 16.8 Å². The van der Waals surface area contributed by atoms with Gasteiger partial charge in [0.15, 0.2) is 0 Å². The lowest BCUT2D eigenvalue weighted by Gasteiger charge is -2.17. The average Bonchev–Trinajstić information content (AvgIpc) is 2.47. The van der Waals surface area contributed by atoms with Gasteiger partial charge >= 0.3 is 0 Å². The highest BCUT2D eigenvalue weighted by Crippen LogP contribution is 2.26. The minimum atomic E-state index is -0.234. The molecule has 0 bridgehead atoms. The number of fused-ring (bicyclic) bond motifs is 1. The maximum atomic E-state index is 12.8. The fourth-order valence-corrected chi connectivity index (χ4v) is 3.00. The van der Waals surface area contributed by atoms with Crippen LogP contribution in [0.15, 0.2) is 29.2 Å². The van der Waals surface area contributed by atoms with E-state index in [0.29, 0.717) is 29.9 Å². The van der Waals surface area contributed by atoms with Gasteiger partial charge in [0.2, 0.25) is 0 Å². The largest absolute Gasteiger partial charge is 0.376 e. The van der Waals surface area contributed by atoms with E-state index in [1.807, 2.05) is 0 Å².